The van der Waals surface area contributed by atoms with Crippen LogP contribution in [-0.4, -0.2) is 11.5 Å². The Kier molecular flexibility index (Phi) is 3.74. The molecule has 1 saturated carbocycles. The summed E-state index contributed by atoms with van der Waals surface area (Å²) in [6.07, 6.45) is 4.29. The van der Waals surface area contributed by atoms with Crippen molar-refractivity contribution >= 4 is 11.4 Å². The Morgan fingerprint density at radius 2 is 2.11 bits per heavy atom. The van der Waals surface area contributed by atoms with Crippen molar-refractivity contribution in [2.45, 2.75) is 25.7 Å². The summed E-state index contributed by atoms with van der Waals surface area (Å²) in [6.45, 7) is 0.414. The van der Waals surface area contributed by atoms with Crippen molar-refractivity contribution in [1.82, 2.24) is 0 Å². The molecule has 1 aliphatic rings. The number of benzene rings is 1. The van der Waals surface area contributed by atoms with E-state index in [-0.39, 0.29) is 5.69 Å². The summed E-state index contributed by atoms with van der Waals surface area (Å²) < 4.78 is 26.5. The molecule has 2 rings (SSSR count). The second-order valence-corrected chi connectivity index (χ2v) is 4.52. The molecule has 0 radical (unpaired) electrons. The average molecular weight is 256 g/mol. The maximum atomic E-state index is 13.5. The molecular formula is C12H14F2N2O2. The van der Waals surface area contributed by atoms with Crippen LogP contribution in [0.1, 0.15) is 25.7 Å². The van der Waals surface area contributed by atoms with Crippen molar-refractivity contribution in [2.75, 3.05) is 11.9 Å². The van der Waals surface area contributed by atoms with Crippen molar-refractivity contribution in [2.24, 2.45) is 5.92 Å². The lowest BCUT2D eigenvalue weighted by atomic mass is 10.2. The van der Waals surface area contributed by atoms with E-state index < -0.39 is 22.2 Å². The fourth-order valence-corrected chi connectivity index (χ4v) is 1.87. The Labute approximate surface area is 103 Å². The van der Waals surface area contributed by atoms with Crippen molar-refractivity contribution in [3.8, 4) is 0 Å². The number of hydrogen-bond acceptors (Lipinski definition) is 3. The zero-order chi connectivity index (χ0) is 13.1. The summed E-state index contributed by atoms with van der Waals surface area (Å²) in [6, 6.07) is 1.74. The highest BCUT2D eigenvalue weighted by Gasteiger charge is 2.22. The molecule has 0 aromatic heterocycles. The van der Waals surface area contributed by atoms with Gasteiger partial charge in [0.25, 0.3) is 5.69 Å². The summed E-state index contributed by atoms with van der Waals surface area (Å²) >= 11 is 0. The van der Waals surface area contributed by atoms with Crippen molar-refractivity contribution in [1.29, 1.82) is 0 Å². The van der Waals surface area contributed by atoms with Gasteiger partial charge in [-0.25, -0.2) is 8.78 Å². The molecule has 0 atom stereocenters. The number of anilines is 1. The molecule has 4 nitrogen and oxygen atoms in total. The first kappa shape index (κ1) is 12.7. The SMILES string of the molecule is O=[N+]([O-])c1ccc(F)c(F)c1NCCCC1CC1. The number of nitrogens with zero attached hydrogens (tertiary/aromatic N) is 1. The van der Waals surface area contributed by atoms with Crippen LogP contribution in [0.2, 0.25) is 0 Å². The number of rotatable bonds is 6. The Morgan fingerprint density at radius 1 is 1.39 bits per heavy atom. The third-order valence-corrected chi connectivity index (χ3v) is 3.06. The lowest BCUT2D eigenvalue weighted by Crippen LogP contribution is -2.07. The lowest BCUT2D eigenvalue weighted by molar-refractivity contribution is -0.384. The third-order valence-electron chi connectivity index (χ3n) is 3.06. The van der Waals surface area contributed by atoms with E-state index in [1.54, 1.807) is 0 Å². The van der Waals surface area contributed by atoms with Crippen molar-refractivity contribution in [3.05, 3.63) is 33.9 Å². The number of nitro benzene ring substituents is 1. The fourth-order valence-electron chi connectivity index (χ4n) is 1.87. The highest BCUT2D eigenvalue weighted by molar-refractivity contribution is 5.62. The molecule has 0 bridgehead atoms. The smallest absolute Gasteiger partial charge is 0.295 e. The highest BCUT2D eigenvalue weighted by atomic mass is 19.2. The van der Waals surface area contributed by atoms with Gasteiger partial charge in [0, 0.05) is 12.6 Å². The number of nitrogens with one attached hydrogen (secondary N) is 1. The van der Waals surface area contributed by atoms with Gasteiger partial charge in [-0.15, -0.1) is 0 Å². The first-order chi connectivity index (χ1) is 8.59. The summed E-state index contributed by atoms with van der Waals surface area (Å²) in [5.41, 5.74) is -0.781. The van der Waals surface area contributed by atoms with Crippen LogP contribution in [0.4, 0.5) is 20.2 Å². The van der Waals surface area contributed by atoms with Crippen LogP contribution in [0.5, 0.6) is 0 Å². The number of halogens is 2. The molecule has 0 amide bonds. The molecule has 6 heteroatoms. The molecule has 0 spiro atoms. The Bertz CT molecular complexity index is 462. The molecule has 1 N–H and O–H groups in total. The maximum absolute atomic E-state index is 13.5. The van der Waals surface area contributed by atoms with Crippen LogP contribution < -0.4 is 5.32 Å². The lowest BCUT2D eigenvalue weighted by Gasteiger charge is -2.08. The van der Waals surface area contributed by atoms with E-state index in [0.717, 1.165) is 30.9 Å². The van der Waals surface area contributed by atoms with Crippen molar-refractivity contribution in [3.63, 3.8) is 0 Å². The summed E-state index contributed by atoms with van der Waals surface area (Å²) in [7, 11) is 0. The molecular weight excluding hydrogens is 242 g/mol. The topological polar surface area (TPSA) is 55.2 Å². The van der Waals surface area contributed by atoms with Gasteiger partial charge in [0.1, 0.15) is 0 Å². The minimum absolute atomic E-state index is 0.351. The summed E-state index contributed by atoms with van der Waals surface area (Å²) in [5.74, 6) is -1.51. The normalized spacial score (nSPS) is 14.6. The second-order valence-electron chi connectivity index (χ2n) is 4.52. The molecule has 0 aliphatic heterocycles. The zero-order valence-corrected chi connectivity index (χ0v) is 9.79. The first-order valence-corrected chi connectivity index (χ1v) is 5.96. The predicted octanol–water partition coefficient (Wildman–Crippen LogP) is 3.48. The van der Waals surface area contributed by atoms with Gasteiger partial charge in [0.05, 0.1) is 4.92 Å². The van der Waals surface area contributed by atoms with E-state index in [0.29, 0.717) is 6.54 Å². The van der Waals surface area contributed by atoms with E-state index in [2.05, 4.69) is 5.32 Å². The monoisotopic (exact) mass is 256 g/mol. The van der Waals surface area contributed by atoms with Crippen LogP contribution >= 0.6 is 0 Å². The van der Waals surface area contributed by atoms with Gasteiger partial charge in [0.15, 0.2) is 17.3 Å². The van der Waals surface area contributed by atoms with E-state index in [1.165, 1.54) is 12.8 Å². The Morgan fingerprint density at radius 3 is 2.72 bits per heavy atom. The van der Waals surface area contributed by atoms with Gasteiger partial charge in [-0.05, 0) is 24.8 Å². The quantitative estimate of drug-likeness (QED) is 0.481. The molecule has 98 valence electrons. The van der Waals surface area contributed by atoms with Crippen LogP contribution in [0.25, 0.3) is 0 Å². The van der Waals surface area contributed by atoms with Gasteiger partial charge >= 0.3 is 0 Å². The maximum Gasteiger partial charge on any atom is 0.295 e. The predicted molar refractivity (Wildman–Crippen MR) is 63.5 cm³/mol. The van der Waals surface area contributed by atoms with Crippen molar-refractivity contribution < 1.29 is 13.7 Å². The molecule has 18 heavy (non-hydrogen) atoms. The standard InChI is InChI=1S/C12H14F2N2O2/c13-9-5-6-10(16(17)18)12(11(9)14)15-7-1-2-8-3-4-8/h5-6,8,15H,1-4,7H2. The first-order valence-electron chi connectivity index (χ1n) is 5.96. The van der Waals surface area contributed by atoms with E-state index in [1.807, 2.05) is 0 Å². The van der Waals surface area contributed by atoms with Crippen LogP contribution in [0.3, 0.4) is 0 Å². The van der Waals surface area contributed by atoms with Gasteiger partial charge in [-0.2, -0.15) is 0 Å². The molecule has 0 heterocycles. The zero-order valence-electron chi connectivity index (χ0n) is 9.79. The average Bonchev–Trinajstić information content (AvgIpc) is 3.13. The van der Waals surface area contributed by atoms with Gasteiger partial charge < -0.3 is 5.32 Å². The second kappa shape index (κ2) is 5.29. The molecule has 0 unspecified atom stereocenters. The number of hydrogen-bond donors (Lipinski definition) is 1. The Balaban J connectivity index is 2.03. The number of nitro groups is 1. The van der Waals surface area contributed by atoms with Gasteiger partial charge in [-0.1, -0.05) is 12.8 Å². The molecule has 1 aliphatic carbocycles. The fraction of sp³-hybridized carbons (Fsp3) is 0.500. The van der Waals surface area contributed by atoms with E-state index in [4.69, 9.17) is 0 Å². The summed E-state index contributed by atoms with van der Waals surface area (Å²) in [4.78, 5) is 10.00. The van der Waals surface area contributed by atoms with Gasteiger partial charge in [0.2, 0.25) is 0 Å². The highest BCUT2D eigenvalue weighted by Crippen LogP contribution is 2.34. The Hall–Kier alpha value is -1.72. The van der Waals surface area contributed by atoms with Crippen LogP contribution in [-0.2, 0) is 0 Å². The molecule has 1 aromatic rings. The van der Waals surface area contributed by atoms with E-state index in [9.17, 15) is 18.9 Å². The van der Waals surface area contributed by atoms with Crippen LogP contribution in [0, 0.1) is 27.7 Å². The molecule has 1 fully saturated rings. The third kappa shape index (κ3) is 2.94. The minimum atomic E-state index is -1.18. The largest absolute Gasteiger partial charge is 0.377 e. The molecule has 1 aromatic carbocycles. The molecule has 0 saturated heterocycles. The summed E-state index contributed by atoms with van der Waals surface area (Å²) in [5, 5.41) is 13.3. The van der Waals surface area contributed by atoms with Gasteiger partial charge in [-0.3, -0.25) is 10.1 Å². The van der Waals surface area contributed by atoms with E-state index >= 15 is 0 Å². The van der Waals surface area contributed by atoms with Crippen LogP contribution in [0.15, 0.2) is 12.1 Å². The minimum Gasteiger partial charge on any atom is -0.377 e.